The third-order valence-electron chi connectivity index (χ3n) is 2.95. The Hall–Kier alpha value is -1.78. The predicted octanol–water partition coefficient (Wildman–Crippen LogP) is 1.37. The zero-order chi connectivity index (χ0) is 13.7. The molecule has 5 nitrogen and oxygen atoms in total. The molecular formula is C14H23N5. The van der Waals surface area contributed by atoms with Crippen LogP contribution in [0.4, 0.5) is 5.82 Å². The van der Waals surface area contributed by atoms with E-state index in [9.17, 15) is 0 Å². The van der Waals surface area contributed by atoms with E-state index in [0.29, 0.717) is 12.6 Å². The number of anilines is 1. The molecule has 5 heteroatoms. The first-order valence-corrected chi connectivity index (χ1v) is 6.86. The largest absolute Gasteiger partial charge is 0.363 e. The van der Waals surface area contributed by atoms with Crippen molar-refractivity contribution in [2.45, 2.75) is 32.4 Å². The highest BCUT2D eigenvalue weighted by atomic mass is 15.2. The molecule has 2 rings (SSSR count). The molecular weight excluding hydrogens is 238 g/mol. The highest BCUT2D eigenvalue weighted by Gasteiger charge is 2.21. The van der Waals surface area contributed by atoms with Gasteiger partial charge in [0.2, 0.25) is 0 Å². The molecule has 0 radical (unpaired) electrons. The van der Waals surface area contributed by atoms with Crippen LogP contribution in [0, 0.1) is 0 Å². The highest BCUT2D eigenvalue weighted by Crippen LogP contribution is 2.18. The summed E-state index contributed by atoms with van der Waals surface area (Å²) in [4.78, 5) is 10.9. The zero-order valence-corrected chi connectivity index (χ0v) is 12.0. The van der Waals surface area contributed by atoms with Gasteiger partial charge in [-0.2, -0.15) is 0 Å². The minimum Gasteiger partial charge on any atom is -0.363 e. The first kappa shape index (κ1) is 13.6. The Morgan fingerprint density at radius 3 is 2.89 bits per heavy atom. The Balaban J connectivity index is 1.99. The zero-order valence-electron chi connectivity index (χ0n) is 12.0. The van der Waals surface area contributed by atoms with Crippen LogP contribution in [0.25, 0.3) is 0 Å². The smallest absolute Gasteiger partial charge is 0.191 e. The molecule has 1 aromatic heterocycles. The highest BCUT2D eigenvalue weighted by molar-refractivity contribution is 5.80. The van der Waals surface area contributed by atoms with Crippen LogP contribution in [0.1, 0.15) is 25.3 Å². The lowest BCUT2D eigenvalue weighted by Crippen LogP contribution is -2.38. The minimum absolute atomic E-state index is 0.618. The molecule has 1 fully saturated rings. The van der Waals surface area contributed by atoms with Crippen molar-refractivity contribution in [2.75, 3.05) is 25.5 Å². The Bertz CT molecular complexity index is 437. The molecule has 0 atom stereocenters. The topological polar surface area (TPSA) is 52.6 Å². The molecule has 104 valence electrons. The molecule has 1 aliphatic carbocycles. The van der Waals surface area contributed by atoms with Crippen molar-refractivity contribution in [3.63, 3.8) is 0 Å². The first-order valence-electron chi connectivity index (χ1n) is 6.86. The third-order valence-corrected chi connectivity index (χ3v) is 2.95. The van der Waals surface area contributed by atoms with E-state index in [1.54, 1.807) is 0 Å². The molecule has 0 aliphatic heterocycles. The summed E-state index contributed by atoms with van der Waals surface area (Å²) in [6.07, 6.45) is 4.34. The van der Waals surface area contributed by atoms with Crippen LogP contribution in [0.2, 0.25) is 0 Å². The number of aliphatic imine (C=N–C) groups is 1. The van der Waals surface area contributed by atoms with Crippen molar-refractivity contribution in [1.29, 1.82) is 0 Å². The van der Waals surface area contributed by atoms with Crippen molar-refractivity contribution in [3.8, 4) is 0 Å². The van der Waals surface area contributed by atoms with Gasteiger partial charge in [-0.3, -0.25) is 0 Å². The van der Waals surface area contributed by atoms with E-state index in [1.807, 2.05) is 31.3 Å². The molecule has 0 aromatic carbocycles. The number of guanidine groups is 1. The maximum absolute atomic E-state index is 4.61. The number of hydrogen-bond donors (Lipinski definition) is 2. The fourth-order valence-electron chi connectivity index (χ4n) is 1.71. The van der Waals surface area contributed by atoms with E-state index >= 15 is 0 Å². The third kappa shape index (κ3) is 4.43. The van der Waals surface area contributed by atoms with Crippen molar-refractivity contribution >= 4 is 11.8 Å². The van der Waals surface area contributed by atoms with E-state index in [1.165, 1.54) is 18.4 Å². The maximum Gasteiger partial charge on any atom is 0.191 e. The van der Waals surface area contributed by atoms with Gasteiger partial charge in [-0.25, -0.2) is 9.98 Å². The molecule has 1 aromatic rings. The van der Waals surface area contributed by atoms with Gasteiger partial charge in [-0.15, -0.1) is 0 Å². The molecule has 0 spiro atoms. The van der Waals surface area contributed by atoms with Crippen LogP contribution in [-0.2, 0) is 6.54 Å². The molecule has 19 heavy (non-hydrogen) atoms. The normalized spacial score (nSPS) is 15.2. The number of aromatic nitrogens is 1. The Labute approximate surface area is 115 Å². The average Bonchev–Trinajstić information content (AvgIpc) is 3.20. The second-order valence-corrected chi connectivity index (χ2v) is 5.03. The van der Waals surface area contributed by atoms with Crippen LogP contribution in [0.3, 0.4) is 0 Å². The van der Waals surface area contributed by atoms with Gasteiger partial charge in [0.25, 0.3) is 0 Å². The van der Waals surface area contributed by atoms with Crippen molar-refractivity contribution in [3.05, 3.63) is 23.9 Å². The van der Waals surface area contributed by atoms with Crippen molar-refractivity contribution < 1.29 is 0 Å². The van der Waals surface area contributed by atoms with Crippen molar-refractivity contribution in [1.82, 2.24) is 15.6 Å². The summed E-state index contributed by atoms with van der Waals surface area (Å²) in [5.41, 5.74) is 1.17. The Morgan fingerprint density at radius 1 is 1.47 bits per heavy atom. The number of nitrogens with zero attached hydrogens (tertiary/aromatic N) is 3. The second kappa shape index (κ2) is 6.41. The number of pyridine rings is 1. The molecule has 1 heterocycles. The van der Waals surface area contributed by atoms with Crippen LogP contribution < -0.4 is 15.5 Å². The molecule has 0 unspecified atom stereocenters. The summed E-state index contributed by atoms with van der Waals surface area (Å²) in [6, 6.07) is 4.70. The number of hydrogen-bond acceptors (Lipinski definition) is 3. The number of nitrogens with one attached hydrogen (secondary N) is 2. The van der Waals surface area contributed by atoms with Gasteiger partial charge in [0.1, 0.15) is 5.82 Å². The van der Waals surface area contributed by atoms with E-state index < -0.39 is 0 Å². The van der Waals surface area contributed by atoms with E-state index in [4.69, 9.17) is 0 Å². The lowest BCUT2D eigenvalue weighted by molar-refractivity contribution is 0.812. The summed E-state index contributed by atoms with van der Waals surface area (Å²) in [6.45, 7) is 3.64. The van der Waals surface area contributed by atoms with Gasteiger partial charge in [0.15, 0.2) is 5.96 Å². The van der Waals surface area contributed by atoms with Gasteiger partial charge >= 0.3 is 0 Å². The van der Waals surface area contributed by atoms with Crippen LogP contribution in [0.15, 0.2) is 23.3 Å². The fraction of sp³-hybridized carbons (Fsp3) is 0.571. The lowest BCUT2D eigenvalue weighted by Gasteiger charge is -2.12. The predicted molar refractivity (Wildman–Crippen MR) is 79.5 cm³/mol. The second-order valence-electron chi connectivity index (χ2n) is 5.03. The fourth-order valence-corrected chi connectivity index (χ4v) is 1.71. The van der Waals surface area contributed by atoms with Crippen molar-refractivity contribution in [2.24, 2.45) is 4.99 Å². The maximum atomic E-state index is 4.61. The van der Waals surface area contributed by atoms with Crippen LogP contribution in [0.5, 0.6) is 0 Å². The van der Waals surface area contributed by atoms with Crippen LogP contribution in [-0.4, -0.2) is 37.6 Å². The van der Waals surface area contributed by atoms with E-state index in [2.05, 4.69) is 33.6 Å². The molecule has 0 amide bonds. The van der Waals surface area contributed by atoms with Gasteiger partial charge in [0, 0.05) is 32.9 Å². The summed E-state index contributed by atoms with van der Waals surface area (Å²) in [7, 11) is 3.99. The van der Waals surface area contributed by atoms with Gasteiger partial charge in [-0.1, -0.05) is 0 Å². The molecule has 0 saturated heterocycles. The van der Waals surface area contributed by atoms with E-state index in [-0.39, 0.29) is 0 Å². The van der Waals surface area contributed by atoms with Gasteiger partial charge in [0.05, 0.1) is 6.54 Å². The first-order chi connectivity index (χ1) is 9.19. The molecule has 1 aliphatic rings. The average molecular weight is 261 g/mol. The quantitative estimate of drug-likeness (QED) is 0.621. The summed E-state index contributed by atoms with van der Waals surface area (Å²) >= 11 is 0. The monoisotopic (exact) mass is 261 g/mol. The summed E-state index contributed by atoms with van der Waals surface area (Å²) in [5.74, 6) is 1.88. The van der Waals surface area contributed by atoms with Gasteiger partial charge < -0.3 is 15.5 Å². The summed E-state index contributed by atoms with van der Waals surface area (Å²) in [5, 5.41) is 6.69. The molecule has 2 N–H and O–H groups in total. The standard InChI is InChI=1S/C14H23N5/c1-4-15-14(18-12-5-6-12)17-10-11-7-8-16-13(9-11)19(2)3/h7-9,12H,4-6,10H2,1-3H3,(H2,15,17,18). The van der Waals surface area contributed by atoms with Gasteiger partial charge in [-0.05, 0) is 37.5 Å². The Kier molecular flexibility index (Phi) is 4.60. The summed E-state index contributed by atoms with van der Waals surface area (Å²) < 4.78 is 0. The molecule has 1 saturated carbocycles. The SMILES string of the molecule is CCNC(=NCc1ccnc(N(C)C)c1)NC1CC1. The number of rotatable bonds is 5. The lowest BCUT2D eigenvalue weighted by atomic mass is 10.2. The molecule has 0 bridgehead atoms. The van der Waals surface area contributed by atoms with Crippen LogP contribution >= 0.6 is 0 Å². The van der Waals surface area contributed by atoms with E-state index in [0.717, 1.165) is 18.3 Å². The Morgan fingerprint density at radius 2 is 2.26 bits per heavy atom. The minimum atomic E-state index is 0.618.